The van der Waals surface area contributed by atoms with E-state index in [1.165, 1.54) is 6.07 Å². The number of para-hydroxylation sites is 1. The summed E-state index contributed by atoms with van der Waals surface area (Å²) in [4.78, 5) is 10.4. The van der Waals surface area contributed by atoms with Crippen molar-refractivity contribution in [3.8, 4) is 5.75 Å². The standard InChI is InChI=1S/C11H10F4O3/c1-10(12,9(16)17)6-18-8-5-3-2-4-7(8)11(13,14)15/h2-5H,6H2,1H3,(H,16,17). The molecule has 7 heteroatoms. The largest absolute Gasteiger partial charge is 0.489 e. The van der Waals surface area contributed by atoms with Crippen LogP contribution in [0.4, 0.5) is 17.6 Å². The van der Waals surface area contributed by atoms with Crippen LogP contribution in [0.15, 0.2) is 24.3 Å². The van der Waals surface area contributed by atoms with Gasteiger partial charge < -0.3 is 9.84 Å². The average molecular weight is 266 g/mol. The molecule has 0 saturated heterocycles. The van der Waals surface area contributed by atoms with Gasteiger partial charge >= 0.3 is 12.1 Å². The number of hydrogen-bond donors (Lipinski definition) is 1. The first-order chi connectivity index (χ1) is 8.14. The summed E-state index contributed by atoms with van der Waals surface area (Å²) < 4.78 is 55.5. The monoisotopic (exact) mass is 266 g/mol. The average Bonchev–Trinajstić information content (AvgIpc) is 2.25. The molecule has 0 aliphatic rings. The van der Waals surface area contributed by atoms with E-state index in [1.807, 2.05) is 0 Å². The minimum atomic E-state index is -4.65. The van der Waals surface area contributed by atoms with Gasteiger partial charge in [-0.25, -0.2) is 9.18 Å². The summed E-state index contributed by atoms with van der Waals surface area (Å²) in [5.41, 5.74) is -3.83. The van der Waals surface area contributed by atoms with Crippen LogP contribution in [-0.2, 0) is 11.0 Å². The molecule has 0 aliphatic carbocycles. The summed E-state index contributed by atoms with van der Waals surface area (Å²) in [5.74, 6) is -2.40. The molecule has 0 amide bonds. The van der Waals surface area contributed by atoms with Crippen LogP contribution in [0.1, 0.15) is 12.5 Å². The highest BCUT2D eigenvalue weighted by atomic mass is 19.4. The van der Waals surface area contributed by atoms with Gasteiger partial charge in [-0.3, -0.25) is 0 Å². The van der Waals surface area contributed by atoms with Crippen LogP contribution in [0.3, 0.4) is 0 Å². The number of carboxylic acid groups (broad SMARTS) is 1. The molecule has 1 N–H and O–H groups in total. The number of aliphatic carboxylic acids is 1. The van der Waals surface area contributed by atoms with Crippen molar-refractivity contribution in [2.45, 2.75) is 18.8 Å². The van der Waals surface area contributed by atoms with Crippen molar-refractivity contribution in [2.75, 3.05) is 6.61 Å². The third-order valence-corrected chi connectivity index (χ3v) is 2.14. The number of carboxylic acids is 1. The summed E-state index contributed by atoms with van der Waals surface area (Å²) in [6, 6.07) is 4.20. The van der Waals surface area contributed by atoms with E-state index < -0.39 is 35.7 Å². The predicted molar refractivity (Wildman–Crippen MR) is 54.1 cm³/mol. The second kappa shape index (κ2) is 4.83. The molecular weight excluding hydrogens is 256 g/mol. The molecule has 0 spiro atoms. The zero-order valence-electron chi connectivity index (χ0n) is 9.29. The third kappa shape index (κ3) is 3.35. The van der Waals surface area contributed by atoms with Crippen molar-refractivity contribution in [1.29, 1.82) is 0 Å². The SMILES string of the molecule is CC(F)(COc1ccccc1C(F)(F)F)C(=O)O. The van der Waals surface area contributed by atoms with Crippen molar-refractivity contribution in [1.82, 2.24) is 0 Å². The molecule has 100 valence electrons. The molecular formula is C11H10F4O3. The Morgan fingerprint density at radius 3 is 2.33 bits per heavy atom. The lowest BCUT2D eigenvalue weighted by Crippen LogP contribution is -2.36. The Bertz CT molecular complexity index is 440. The zero-order chi connectivity index (χ0) is 14.0. The Labute approximate surface area is 100.0 Å². The molecule has 0 bridgehead atoms. The van der Waals surface area contributed by atoms with E-state index in [9.17, 15) is 22.4 Å². The van der Waals surface area contributed by atoms with Crippen LogP contribution in [0.2, 0.25) is 0 Å². The number of rotatable bonds is 4. The first-order valence-corrected chi connectivity index (χ1v) is 4.86. The summed E-state index contributed by atoms with van der Waals surface area (Å²) in [6.45, 7) is -0.291. The van der Waals surface area contributed by atoms with Gasteiger partial charge in [-0.15, -0.1) is 0 Å². The van der Waals surface area contributed by atoms with E-state index in [2.05, 4.69) is 4.74 Å². The predicted octanol–water partition coefficient (Wildman–Crippen LogP) is 2.90. The third-order valence-electron chi connectivity index (χ3n) is 2.14. The fraction of sp³-hybridized carbons (Fsp3) is 0.364. The second-order valence-corrected chi connectivity index (χ2v) is 3.79. The van der Waals surface area contributed by atoms with Gasteiger partial charge in [0.1, 0.15) is 12.4 Å². The maximum absolute atomic E-state index is 13.3. The van der Waals surface area contributed by atoms with Crippen LogP contribution >= 0.6 is 0 Å². The number of hydrogen-bond acceptors (Lipinski definition) is 2. The van der Waals surface area contributed by atoms with Gasteiger partial charge in [0.25, 0.3) is 0 Å². The maximum atomic E-state index is 13.3. The van der Waals surface area contributed by atoms with Crippen LogP contribution < -0.4 is 4.74 Å². The molecule has 18 heavy (non-hydrogen) atoms. The van der Waals surface area contributed by atoms with Crippen LogP contribution in [-0.4, -0.2) is 23.4 Å². The van der Waals surface area contributed by atoms with E-state index in [0.29, 0.717) is 6.92 Å². The molecule has 1 aromatic carbocycles. The molecule has 0 fully saturated rings. The van der Waals surface area contributed by atoms with E-state index in [1.54, 1.807) is 0 Å². The molecule has 0 heterocycles. The Balaban J connectivity index is 2.90. The number of carbonyl (C=O) groups is 1. The normalized spacial score (nSPS) is 14.9. The number of halogens is 4. The molecule has 3 nitrogen and oxygen atoms in total. The number of alkyl halides is 4. The highest BCUT2D eigenvalue weighted by molar-refractivity contribution is 5.76. The number of ether oxygens (including phenoxy) is 1. The van der Waals surface area contributed by atoms with Gasteiger partial charge in [0.15, 0.2) is 0 Å². The highest BCUT2D eigenvalue weighted by Crippen LogP contribution is 2.36. The Kier molecular flexibility index (Phi) is 3.83. The van der Waals surface area contributed by atoms with Crippen LogP contribution in [0.25, 0.3) is 0 Å². The Morgan fingerprint density at radius 2 is 1.83 bits per heavy atom. The van der Waals surface area contributed by atoms with Gasteiger partial charge in [0.05, 0.1) is 5.56 Å². The summed E-state index contributed by atoms with van der Waals surface area (Å²) in [5, 5.41) is 8.47. The topological polar surface area (TPSA) is 46.5 Å². The Morgan fingerprint density at radius 1 is 1.28 bits per heavy atom. The molecule has 1 rings (SSSR count). The van der Waals surface area contributed by atoms with Gasteiger partial charge in [0, 0.05) is 0 Å². The lowest BCUT2D eigenvalue weighted by atomic mass is 10.1. The second-order valence-electron chi connectivity index (χ2n) is 3.79. The number of benzene rings is 1. The van der Waals surface area contributed by atoms with Crippen LogP contribution in [0.5, 0.6) is 5.75 Å². The van der Waals surface area contributed by atoms with E-state index in [0.717, 1.165) is 18.2 Å². The smallest absolute Gasteiger partial charge is 0.419 e. The van der Waals surface area contributed by atoms with Gasteiger partial charge in [0.2, 0.25) is 5.67 Å². The van der Waals surface area contributed by atoms with Crippen molar-refractivity contribution >= 4 is 5.97 Å². The molecule has 1 atom stereocenters. The Hall–Kier alpha value is -1.79. The van der Waals surface area contributed by atoms with Crippen molar-refractivity contribution < 1.29 is 32.2 Å². The van der Waals surface area contributed by atoms with Crippen molar-refractivity contribution in [3.63, 3.8) is 0 Å². The van der Waals surface area contributed by atoms with Crippen molar-refractivity contribution in [2.24, 2.45) is 0 Å². The lowest BCUT2D eigenvalue weighted by molar-refractivity contribution is -0.151. The van der Waals surface area contributed by atoms with Crippen LogP contribution in [0, 0.1) is 0 Å². The summed E-state index contributed by atoms with van der Waals surface area (Å²) in [7, 11) is 0. The van der Waals surface area contributed by atoms with Crippen molar-refractivity contribution in [3.05, 3.63) is 29.8 Å². The van der Waals surface area contributed by atoms with Gasteiger partial charge in [-0.05, 0) is 19.1 Å². The summed E-state index contributed by atoms with van der Waals surface area (Å²) in [6.07, 6.45) is -4.65. The summed E-state index contributed by atoms with van der Waals surface area (Å²) >= 11 is 0. The van der Waals surface area contributed by atoms with E-state index >= 15 is 0 Å². The molecule has 1 aromatic rings. The maximum Gasteiger partial charge on any atom is 0.419 e. The van der Waals surface area contributed by atoms with E-state index in [-0.39, 0.29) is 0 Å². The fourth-order valence-electron chi connectivity index (χ4n) is 1.10. The minimum Gasteiger partial charge on any atom is -0.489 e. The fourth-order valence-corrected chi connectivity index (χ4v) is 1.10. The van der Waals surface area contributed by atoms with E-state index in [4.69, 9.17) is 5.11 Å². The molecule has 0 saturated carbocycles. The zero-order valence-corrected chi connectivity index (χ0v) is 9.29. The minimum absolute atomic E-state index is 0.602. The first-order valence-electron chi connectivity index (χ1n) is 4.86. The first kappa shape index (κ1) is 14.3. The lowest BCUT2D eigenvalue weighted by Gasteiger charge is -2.18. The van der Waals surface area contributed by atoms with Gasteiger partial charge in [-0.1, -0.05) is 12.1 Å². The molecule has 0 radical (unpaired) electrons. The molecule has 0 aromatic heterocycles. The molecule has 0 aliphatic heterocycles. The van der Waals surface area contributed by atoms with Gasteiger partial charge in [-0.2, -0.15) is 13.2 Å². The molecule has 1 unspecified atom stereocenters. The highest BCUT2D eigenvalue weighted by Gasteiger charge is 2.37. The quantitative estimate of drug-likeness (QED) is 0.852.